The number of benzene rings is 1. The summed E-state index contributed by atoms with van der Waals surface area (Å²) in [5, 5.41) is 1.22. The van der Waals surface area contributed by atoms with E-state index in [1.54, 1.807) is 6.92 Å². The van der Waals surface area contributed by atoms with Crippen LogP contribution in [0.25, 0.3) is 10.9 Å². The number of nitrogens with zero attached hydrogens (tertiary/aromatic N) is 1. The van der Waals surface area contributed by atoms with Crippen molar-refractivity contribution in [1.82, 2.24) is 4.98 Å². The first-order chi connectivity index (χ1) is 9.52. The zero-order valence-electron chi connectivity index (χ0n) is 12.6. The third-order valence-corrected chi connectivity index (χ3v) is 4.46. The number of hydrogen-bond donors (Lipinski definition) is 0. The van der Waals surface area contributed by atoms with E-state index in [1.165, 1.54) is 21.4 Å². The van der Waals surface area contributed by atoms with Crippen molar-refractivity contribution in [3.8, 4) is 0 Å². The number of fused-ring (bicyclic) bond motifs is 1. The Bertz CT molecular complexity index is 649. The Morgan fingerprint density at radius 3 is 2.70 bits per heavy atom. The van der Waals surface area contributed by atoms with Crippen LogP contribution in [0.4, 0.5) is 0 Å². The SMILES string of the molecule is CCSc1c(CCC(C)=O)c(C)nc2ccc(C)cc12. The predicted octanol–water partition coefficient (Wildman–Crippen LogP) is 4.49. The first-order valence-electron chi connectivity index (χ1n) is 7.05. The minimum Gasteiger partial charge on any atom is -0.300 e. The number of hydrogen-bond acceptors (Lipinski definition) is 3. The Morgan fingerprint density at radius 1 is 1.30 bits per heavy atom. The molecule has 2 nitrogen and oxygen atoms in total. The van der Waals surface area contributed by atoms with E-state index in [-0.39, 0.29) is 5.78 Å². The molecular weight excluding hydrogens is 266 g/mol. The molecule has 20 heavy (non-hydrogen) atoms. The number of Topliss-reactive ketones (excluding diaryl/α,β-unsaturated/α-hetero) is 1. The topological polar surface area (TPSA) is 30.0 Å². The number of aryl methyl sites for hydroxylation is 2. The van der Waals surface area contributed by atoms with Crippen molar-refractivity contribution in [2.24, 2.45) is 0 Å². The highest BCUT2D eigenvalue weighted by Crippen LogP contribution is 2.33. The van der Waals surface area contributed by atoms with Gasteiger partial charge in [-0.1, -0.05) is 18.6 Å². The van der Waals surface area contributed by atoms with Gasteiger partial charge < -0.3 is 4.79 Å². The largest absolute Gasteiger partial charge is 0.300 e. The normalized spacial score (nSPS) is 11.0. The van der Waals surface area contributed by atoms with E-state index >= 15 is 0 Å². The summed E-state index contributed by atoms with van der Waals surface area (Å²) in [6.45, 7) is 7.97. The van der Waals surface area contributed by atoms with Crippen LogP contribution >= 0.6 is 11.8 Å². The Morgan fingerprint density at radius 2 is 2.05 bits per heavy atom. The van der Waals surface area contributed by atoms with Gasteiger partial charge in [-0.25, -0.2) is 0 Å². The fourth-order valence-electron chi connectivity index (χ4n) is 2.41. The van der Waals surface area contributed by atoms with Crippen LogP contribution < -0.4 is 0 Å². The van der Waals surface area contributed by atoms with E-state index < -0.39 is 0 Å². The summed E-state index contributed by atoms with van der Waals surface area (Å²) in [5.41, 5.74) is 4.60. The van der Waals surface area contributed by atoms with Crippen molar-refractivity contribution in [2.75, 3.05) is 5.75 Å². The summed E-state index contributed by atoms with van der Waals surface area (Å²) in [6, 6.07) is 6.40. The van der Waals surface area contributed by atoms with E-state index in [0.29, 0.717) is 6.42 Å². The van der Waals surface area contributed by atoms with Crippen LogP contribution in [0, 0.1) is 13.8 Å². The molecule has 1 aromatic heterocycles. The standard InChI is InChI=1S/C17H21NOS/c1-5-20-17-14(8-7-12(3)19)13(4)18-16-9-6-11(2)10-15(16)17/h6,9-10H,5,7-8H2,1-4H3. The lowest BCUT2D eigenvalue weighted by Crippen LogP contribution is -2.02. The Kier molecular flexibility index (Phi) is 4.81. The molecule has 2 aromatic rings. The number of aromatic nitrogens is 1. The minimum absolute atomic E-state index is 0.237. The van der Waals surface area contributed by atoms with Gasteiger partial charge in [0.1, 0.15) is 5.78 Å². The van der Waals surface area contributed by atoms with Gasteiger partial charge in [0, 0.05) is 22.4 Å². The second-order valence-electron chi connectivity index (χ2n) is 5.16. The Hall–Kier alpha value is -1.35. The van der Waals surface area contributed by atoms with Crippen LogP contribution in [0.1, 0.15) is 37.1 Å². The van der Waals surface area contributed by atoms with Gasteiger partial charge in [0.2, 0.25) is 0 Å². The van der Waals surface area contributed by atoms with E-state index in [4.69, 9.17) is 4.98 Å². The molecule has 1 heterocycles. The van der Waals surface area contributed by atoms with Gasteiger partial charge >= 0.3 is 0 Å². The molecule has 0 unspecified atom stereocenters. The van der Waals surface area contributed by atoms with Crippen molar-refractivity contribution < 1.29 is 4.79 Å². The summed E-state index contributed by atoms with van der Waals surface area (Å²) in [4.78, 5) is 17.3. The van der Waals surface area contributed by atoms with Crippen molar-refractivity contribution in [2.45, 2.75) is 45.4 Å². The molecule has 0 saturated carbocycles. The third kappa shape index (κ3) is 3.21. The lowest BCUT2D eigenvalue weighted by atomic mass is 10.0. The molecule has 0 aliphatic heterocycles. The van der Waals surface area contributed by atoms with Crippen LogP contribution in [0.15, 0.2) is 23.1 Å². The Balaban J connectivity index is 2.61. The maximum absolute atomic E-state index is 11.3. The highest BCUT2D eigenvalue weighted by Gasteiger charge is 2.13. The number of carbonyl (C=O) groups is 1. The zero-order chi connectivity index (χ0) is 14.7. The van der Waals surface area contributed by atoms with Crippen LogP contribution in [0.5, 0.6) is 0 Å². The summed E-state index contributed by atoms with van der Waals surface area (Å²) in [7, 11) is 0. The summed E-state index contributed by atoms with van der Waals surface area (Å²) in [6.07, 6.45) is 1.39. The average molecular weight is 287 g/mol. The maximum Gasteiger partial charge on any atom is 0.130 e. The molecule has 0 atom stereocenters. The third-order valence-electron chi connectivity index (χ3n) is 3.41. The van der Waals surface area contributed by atoms with Crippen molar-refractivity contribution >= 4 is 28.4 Å². The molecule has 0 bridgehead atoms. The fraction of sp³-hybridized carbons (Fsp3) is 0.412. The van der Waals surface area contributed by atoms with Crippen LogP contribution in [-0.4, -0.2) is 16.5 Å². The monoisotopic (exact) mass is 287 g/mol. The van der Waals surface area contributed by atoms with Crippen LogP contribution in [0.3, 0.4) is 0 Å². The number of thioether (sulfide) groups is 1. The zero-order valence-corrected chi connectivity index (χ0v) is 13.4. The summed E-state index contributed by atoms with van der Waals surface area (Å²) < 4.78 is 0. The van der Waals surface area contributed by atoms with Gasteiger partial charge in [-0.05, 0) is 50.6 Å². The Labute approximate surface area is 125 Å². The molecule has 106 valence electrons. The number of ketones is 1. The highest BCUT2D eigenvalue weighted by molar-refractivity contribution is 7.99. The molecule has 2 rings (SSSR count). The summed E-state index contributed by atoms with van der Waals surface area (Å²) >= 11 is 1.85. The maximum atomic E-state index is 11.3. The lowest BCUT2D eigenvalue weighted by molar-refractivity contribution is -0.116. The van der Waals surface area contributed by atoms with Crippen molar-refractivity contribution in [3.63, 3.8) is 0 Å². The molecule has 0 aliphatic carbocycles. The van der Waals surface area contributed by atoms with Gasteiger partial charge in [0.25, 0.3) is 0 Å². The molecule has 1 aromatic carbocycles. The van der Waals surface area contributed by atoms with Gasteiger partial charge in [-0.15, -0.1) is 11.8 Å². The van der Waals surface area contributed by atoms with Crippen LogP contribution in [-0.2, 0) is 11.2 Å². The van der Waals surface area contributed by atoms with E-state index in [0.717, 1.165) is 23.4 Å². The van der Waals surface area contributed by atoms with Crippen LogP contribution in [0.2, 0.25) is 0 Å². The smallest absolute Gasteiger partial charge is 0.130 e. The van der Waals surface area contributed by atoms with E-state index in [9.17, 15) is 4.79 Å². The minimum atomic E-state index is 0.237. The number of carbonyl (C=O) groups excluding carboxylic acids is 1. The molecule has 0 N–H and O–H groups in total. The van der Waals surface area contributed by atoms with E-state index in [1.807, 2.05) is 11.8 Å². The molecule has 0 amide bonds. The highest BCUT2D eigenvalue weighted by atomic mass is 32.2. The first-order valence-corrected chi connectivity index (χ1v) is 8.03. The molecule has 0 spiro atoms. The van der Waals surface area contributed by atoms with Gasteiger partial charge in [0.05, 0.1) is 5.52 Å². The number of rotatable bonds is 5. The molecule has 3 heteroatoms. The predicted molar refractivity (Wildman–Crippen MR) is 86.6 cm³/mol. The quantitative estimate of drug-likeness (QED) is 0.759. The molecule has 0 fully saturated rings. The molecule has 0 radical (unpaired) electrons. The molecule has 0 saturated heterocycles. The van der Waals surface area contributed by atoms with E-state index in [2.05, 4.69) is 39.0 Å². The van der Waals surface area contributed by atoms with Crippen molar-refractivity contribution in [1.29, 1.82) is 0 Å². The first kappa shape index (κ1) is 15.0. The van der Waals surface area contributed by atoms with Gasteiger partial charge in [-0.2, -0.15) is 0 Å². The summed E-state index contributed by atoms with van der Waals surface area (Å²) in [5.74, 6) is 1.26. The van der Waals surface area contributed by atoms with Crippen molar-refractivity contribution in [3.05, 3.63) is 35.0 Å². The van der Waals surface area contributed by atoms with Gasteiger partial charge in [-0.3, -0.25) is 4.98 Å². The average Bonchev–Trinajstić information content (AvgIpc) is 2.39. The lowest BCUT2D eigenvalue weighted by Gasteiger charge is -2.14. The molecular formula is C17H21NOS. The second-order valence-corrected chi connectivity index (χ2v) is 6.43. The van der Waals surface area contributed by atoms with Gasteiger partial charge in [0.15, 0.2) is 0 Å². The fourth-order valence-corrected chi connectivity index (χ4v) is 3.44. The second kappa shape index (κ2) is 6.40. The molecule has 0 aliphatic rings. The number of pyridine rings is 1.